The molecule has 1 aliphatic rings. The molecule has 1 aliphatic heterocycles. The summed E-state index contributed by atoms with van der Waals surface area (Å²) in [6.45, 7) is 5.52. The molecule has 0 saturated carbocycles. The van der Waals surface area contributed by atoms with Gasteiger partial charge in [-0.15, -0.1) is 0 Å². The van der Waals surface area contributed by atoms with Gasteiger partial charge < -0.3 is 15.8 Å². The Hall–Kier alpha value is -0.580. The van der Waals surface area contributed by atoms with Crippen molar-refractivity contribution in [1.82, 2.24) is 0 Å². The Morgan fingerprint density at radius 3 is 2.82 bits per heavy atom. The molecule has 1 fully saturated rings. The van der Waals surface area contributed by atoms with Crippen LogP contribution in [0.1, 0.15) is 18.9 Å². The molecule has 0 amide bonds. The molecule has 1 saturated heterocycles. The molecule has 94 valence electrons. The third-order valence-electron chi connectivity index (χ3n) is 3.49. The van der Waals surface area contributed by atoms with Crippen molar-refractivity contribution in [3.8, 4) is 0 Å². The van der Waals surface area contributed by atoms with Gasteiger partial charge in [0, 0.05) is 23.3 Å². The van der Waals surface area contributed by atoms with Gasteiger partial charge in [-0.1, -0.05) is 15.9 Å². The first kappa shape index (κ1) is 12.9. The molecule has 0 aliphatic carbocycles. The molecule has 2 rings (SSSR count). The summed E-state index contributed by atoms with van der Waals surface area (Å²) in [7, 11) is 0. The minimum absolute atomic E-state index is 0.132. The number of rotatable bonds is 3. The molecule has 4 heteroatoms. The predicted molar refractivity (Wildman–Crippen MR) is 74.3 cm³/mol. The van der Waals surface area contributed by atoms with E-state index in [0.717, 1.165) is 23.2 Å². The van der Waals surface area contributed by atoms with Gasteiger partial charge in [-0.05, 0) is 44.0 Å². The second-order valence-corrected chi connectivity index (χ2v) is 5.68. The number of halogens is 1. The molecule has 0 aromatic heterocycles. The summed E-state index contributed by atoms with van der Waals surface area (Å²) < 4.78 is 6.72. The molecule has 3 nitrogen and oxygen atoms in total. The molecule has 1 heterocycles. The Balaban J connectivity index is 2.24. The van der Waals surface area contributed by atoms with Gasteiger partial charge in [-0.25, -0.2) is 0 Å². The topological polar surface area (TPSA) is 47.3 Å². The average molecular weight is 299 g/mol. The highest BCUT2D eigenvalue weighted by Crippen LogP contribution is 2.30. The summed E-state index contributed by atoms with van der Waals surface area (Å²) in [5, 5.41) is 3.56. The molecule has 2 unspecified atom stereocenters. The van der Waals surface area contributed by atoms with E-state index >= 15 is 0 Å². The maximum absolute atomic E-state index is 5.93. The molecular formula is C13H19BrN2O. The Kier molecular flexibility index (Phi) is 3.76. The van der Waals surface area contributed by atoms with Gasteiger partial charge >= 0.3 is 0 Å². The SMILES string of the molecule is Cc1cc(Br)cc(NC2(CN)CCOC2C)c1. The summed E-state index contributed by atoms with van der Waals surface area (Å²) in [6.07, 6.45) is 1.10. The van der Waals surface area contributed by atoms with Crippen LogP contribution in [0.5, 0.6) is 0 Å². The number of anilines is 1. The van der Waals surface area contributed by atoms with Crippen LogP contribution in [0.15, 0.2) is 22.7 Å². The van der Waals surface area contributed by atoms with Crippen LogP contribution in [-0.4, -0.2) is 24.8 Å². The molecule has 3 N–H and O–H groups in total. The molecule has 1 aromatic rings. The van der Waals surface area contributed by atoms with Crippen molar-refractivity contribution < 1.29 is 4.74 Å². The summed E-state index contributed by atoms with van der Waals surface area (Å²) >= 11 is 3.51. The van der Waals surface area contributed by atoms with Gasteiger partial charge in [0.05, 0.1) is 11.6 Å². The van der Waals surface area contributed by atoms with E-state index in [0.29, 0.717) is 6.54 Å². The highest BCUT2D eigenvalue weighted by molar-refractivity contribution is 9.10. The van der Waals surface area contributed by atoms with Gasteiger partial charge in [-0.3, -0.25) is 0 Å². The van der Waals surface area contributed by atoms with Crippen molar-refractivity contribution in [1.29, 1.82) is 0 Å². The predicted octanol–water partition coefficient (Wildman–Crippen LogP) is 2.68. The van der Waals surface area contributed by atoms with Crippen molar-refractivity contribution >= 4 is 21.6 Å². The first-order chi connectivity index (χ1) is 8.05. The van der Waals surface area contributed by atoms with Crippen molar-refractivity contribution in [3.63, 3.8) is 0 Å². The van der Waals surface area contributed by atoms with Gasteiger partial charge in [0.25, 0.3) is 0 Å². The monoisotopic (exact) mass is 298 g/mol. The lowest BCUT2D eigenvalue weighted by atomic mass is 9.91. The van der Waals surface area contributed by atoms with Gasteiger partial charge in [0.1, 0.15) is 0 Å². The Morgan fingerprint density at radius 2 is 2.29 bits per heavy atom. The molecule has 2 atom stereocenters. The highest BCUT2D eigenvalue weighted by atomic mass is 79.9. The third-order valence-corrected chi connectivity index (χ3v) is 3.95. The molecule has 1 aromatic carbocycles. The summed E-state index contributed by atoms with van der Waals surface area (Å²) in [4.78, 5) is 0. The lowest BCUT2D eigenvalue weighted by Crippen LogP contribution is -2.50. The number of ether oxygens (including phenoxy) is 1. The second-order valence-electron chi connectivity index (χ2n) is 4.77. The van der Waals surface area contributed by atoms with Crippen LogP contribution in [0.3, 0.4) is 0 Å². The van der Waals surface area contributed by atoms with E-state index in [1.165, 1.54) is 5.56 Å². The van der Waals surface area contributed by atoms with Gasteiger partial charge in [0.2, 0.25) is 0 Å². The highest BCUT2D eigenvalue weighted by Gasteiger charge is 2.40. The van der Waals surface area contributed by atoms with E-state index in [4.69, 9.17) is 10.5 Å². The Labute approximate surface area is 111 Å². The zero-order valence-corrected chi connectivity index (χ0v) is 11.9. The van der Waals surface area contributed by atoms with Crippen molar-refractivity contribution in [2.45, 2.75) is 31.9 Å². The lowest BCUT2D eigenvalue weighted by Gasteiger charge is -2.33. The van der Waals surface area contributed by atoms with E-state index in [1.54, 1.807) is 0 Å². The fourth-order valence-corrected chi connectivity index (χ4v) is 2.97. The first-order valence-electron chi connectivity index (χ1n) is 5.93. The van der Waals surface area contributed by atoms with Gasteiger partial charge in [-0.2, -0.15) is 0 Å². The van der Waals surface area contributed by atoms with Crippen LogP contribution in [0.25, 0.3) is 0 Å². The fourth-order valence-electron chi connectivity index (χ4n) is 2.36. The van der Waals surface area contributed by atoms with Crippen LogP contribution in [0.2, 0.25) is 0 Å². The zero-order chi connectivity index (χ0) is 12.5. The van der Waals surface area contributed by atoms with Crippen LogP contribution in [-0.2, 0) is 4.74 Å². The normalized spacial score (nSPS) is 28.4. The molecular weight excluding hydrogens is 280 g/mol. The van der Waals surface area contributed by atoms with Crippen LogP contribution < -0.4 is 11.1 Å². The van der Waals surface area contributed by atoms with E-state index in [1.807, 2.05) is 0 Å². The molecule has 0 radical (unpaired) electrons. The average Bonchev–Trinajstić information content (AvgIpc) is 2.59. The number of nitrogens with two attached hydrogens (primary N) is 1. The maximum atomic E-state index is 5.93. The number of hydrogen-bond donors (Lipinski definition) is 2. The largest absolute Gasteiger partial charge is 0.376 e. The minimum atomic E-state index is -0.132. The van der Waals surface area contributed by atoms with E-state index in [2.05, 4.69) is 53.3 Å². The Morgan fingerprint density at radius 1 is 1.53 bits per heavy atom. The van der Waals surface area contributed by atoms with Crippen LogP contribution in [0, 0.1) is 6.92 Å². The maximum Gasteiger partial charge on any atom is 0.0789 e. The quantitative estimate of drug-likeness (QED) is 0.902. The first-order valence-corrected chi connectivity index (χ1v) is 6.72. The van der Waals surface area contributed by atoms with Crippen molar-refractivity contribution in [2.75, 3.05) is 18.5 Å². The fraction of sp³-hybridized carbons (Fsp3) is 0.538. The second kappa shape index (κ2) is 4.96. The standard InChI is InChI=1S/C13H19BrN2O/c1-9-5-11(14)7-12(6-9)16-13(8-15)3-4-17-10(13)2/h5-7,10,16H,3-4,8,15H2,1-2H3. The number of benzene rings is 1. The summed E-state index contributed by atoms with van der Waals surface area (Å²) in [6, 6.07) is 6.30. The van der Waals surface area contributed by atoms with E-state index < -0.39 is 0 Å². The summed E-state index contributed by atoms with van der Waals surface area (Å²) in [5.41, 5.74) is 8.12. The van der Waals surface area contributed by atoms with E-state index in [9.17, 15) is 0 Å². The number of aryl methyl sites for hydroxylation is 1. The van der Waals surface area contributed by atoms with E-state index in [-0.39, 0.29) is 11.6 Å². The van der Waals surface area contributed by atoms with Crippen LogP contribution in [0.4, 0.5) is 5.69 Å². The summed E-state index contributed by atoms with van der Waals surface area (Å²) in [5.74, 6) is 0. The molecule has 0 bridgehead atoms. The van der Waals surface area contributed by atoms with Gasteiger partial charge in [0.15, 0.2) is 0 Å². The third kappa shape index (κ3) is 2.64. The number of nitrogens with one attached hydrogen (secondary N) is 1. The number of hydrogen-bond acceptors (Lipinski definition) is 3. The van der Waals surface area contributed by atoms with Crippen LogP contribution >= 0.6 is 15.9 Å². The molecule has 0 spiro atoms. The zero-order valence-electron chi connectivity index (χ0n) is 10.3. The smallest absolute Gasteiger partial charge is 0.0789 e. The van der Waals surface area contributed by atoms with Crippen molar-refractivity contribution in [3.05, 3.63) is 28.2 Å². The van der Waals surface area contributed by atoms with Crippen molar-refractivity contribution in [2.24, 2.45) is 5.73 Å². The lowest BCUT2D eigenvalue weighted by molar-refractivity contribution is 0.103. The minimum Gasteiger partial charge on any atom is -0.376 e. The Bertz CT molecular complexity index is 390. The molecule has 17 heavy (non-hydrogen) atoms.